The quantitative estimate of drug-likeness (QED) is 0.720. The number of nitrogens with one attached hydrogen (secondary N) is 1. The van der Waals surface area contributed by atoms with Gasteiger partial charge in [0.2, 0.25) is 0 Å². The van der Waals surface area contributed by atoms with E-state index in [0.29, 0.717) is 0 Å². The van der Waals surface area contributed by atoms with Crippen LogP contribution >= 0.6 is 24.8 Å². The van der Waals surface area contributed by atoms with E-state index in [4.69, 9.17) is 0 Å². The van der Waals surface area contributed by atoms with Crippen LogP contribution in [-0.2, 0) is 0 Å². The number of nitrogens with zero attached hydrogens (tertiary/aromatic N) is 1. The Hall–Kier alpha value is 0.500. The zero-order chi connectivity index (χ0) is 7.26. The lowest BCUT2D eigenvalue weighted by Gasteiger charge is -2.14. The smallest absolute Gasteiger partial charge is 0.00966 e. The predicted octanol–water partition coefficient (Wildman–Crippen LogP) is 1.14. The van der Waals surface area contributed by atoms with Gasteiger partial charge in [0, 0.05) is 19.1 Å². The molecular formula is C9H18Cl2N2. The van der Waals surface area contributed by atoms with E-state index in [0.717, 1.165) is 17.9 Å². The van der Waals surface area contributed by atoms with Gasteiger partial charge in [0.1, 0.15) is 0 Å². The lowest BCUT2D eigenvalue weighted by Crippen LogP contribution is -2.27. The van der Waals surface area contributed by atoms with Crippen LogP contribution in [0.15, 0.2) is 0 Å². The lowest BCUT2D eigenvalue weighted by molar-refractivity contribution is 0.303. The summed E-state index contributed by atoms with van der Waals surface area (Å²) in [5.74, 6) is 1.99. The Bertz CT molecular complexity index is 161. The second kappa shape index (κ2) is 4.35. The van der Waals surface area contributed by atoms with Gasteiger partial charge in [-0.2, -0.15) is 0 Å². The third-order valence-electron chi connectivity index (χ3n) is 3.48. The molecule has 0 aromatic heterocycles. The van der Waals surface area contributed by atoms with E-state index >= 15 is 0 Å². The fraction of sp³-hybridized carbons (Fsp3) is 1.00. The number of rotatable bonds is 1. The molecule has 2 atom stereocenters. The molecule has 2 saturated heterocycles. The van der Waals surface area contributed by atoms with Crippen LogP contribution in [0, 0.1) is 11.8 Å². The van der Waals surface area contributed by atoms with Gasteiger partial charge in [-0.05, 0) is 37.8 Å². The highest BCUT2D eigenvalue weighted by molar-refractivity contribution is 5.85. The first kappa shape index (κ1) is 11.6. The molecule has 1 saturated carbocycles. The van der Waals surface area contributed by atoms with Crippen LogP contribution in [0.3, 0.4) is 0 Å². The molecule has 2 heterocycles. The second-order valence-corrected chi connectivity index (χ2v) is 4.36. The Labute approximate surface area is 92.3 Å². The Morgan fingerprint density at radius 3 is 1.92 bits per heavy atom. The van der Waals surface area contributed by atoms with E-state index in [-0.39, 0.29) is 24.8 Å². The van der Waals surface area contributed by atoms with Gasteiger partial charge in [0.05, 0.1) is 0 Å². The van der Waals surface area contributed by atoms with Crippen LogP contribution in [0.25, 0.3) is 0 Å². The normalized spacial score (nSPS) is 37.8. The summed E-state index contributed by atoms with van der Waals surface area (Å²) in [6.07, 6.45) is 2.96. The van der Waals surface area contributed by atoms with Crippen LogP contribution < -0.4 is 5.32 Å². The summed E-state index contributed by atoms with van der Waals surface area (Å²) in [5.41, 5.74) is 0. The molecule has 0 amide bonds. The molecule has 3 fully saturated rings. The average molecular weight is 225 g/mol. The van der Waals surface area contributed by atoms with E-state index in [1.807, 2.05) is 0 Å². The van der Waals surface area contributed by atoms with Gasteiger partial charge in [-0.1, -0.05) is 0 Å². The topological polar surface area (TPSA) is 15.3 Å². The maximum absolute atomic E-state index is 3.48. The van der Waals surface area contributed by atoms with Crippen molar-refractivity contribution in [2.24, 2.45) is 11.8 Å². The summed E-state index contributed by atoms with van der Waals surface area (Å²) in [6.45, 7) is 5.35. The van der Waals surface area contributed by atoms with E-state index in [9.17, 15) is 0 Å². The third kappa shape index (κ3) is 2.12. The van der Waals surface area contributed by atoms with Crippen molar-refractivity contribution >= 4 is 24.8 Å². The molecule has 2 aliphatic heterocycles. The number of halogens is 2. The molecule has 3 aliphatic rings. The summed E-state index contributed by atoms with van der Waals surface area (Å²) in [4.78, 5) is 2.72. The fourth-order valence-corrected chi connectivity index (χ4v) is 2.63. The van der Waals surface area contributed by atoms with Crippen LogP contribution in [0.4, 0.5) is 0 Å². The molecule has 0 aromatic carbocycles. The van der Waals surface area contributed by atoms with Crippen LogP contribution in [0.5, 0.6) is 0 Å². The minimum atomic E-state index is 0. The van der Waals surface area contributed by atoms with Crippen molar-refractivity contribution in [2.45, 2.75) is 18.9 Å². The maximum Gasteiger partial charge on any atom is 0.00966 e. The van der Waals surface area contributed by atoms with Crippen molar-refractivity contribution in [3.63, 3.8) is 0 Å². The van der Waals surface area contributed by atoms with E-state index < -0.39 is 0 Å². The highest BCUT2D eigenvalue weighted by atomic mass is 35.5. The molecule has 2 unspecified atom stereocenters. The van der Waals surface area contributed by atoms with Gasteiger partial charge in [-0.15, -0.1) is 24.8 Å². The summed E-state index contributed by atoms with van der Waals surface area (Å²) < 4.78 is 0. The van der Waals surface area contributed by atoms with Gasteiger partial charge in [0.15, 0.2) is 0 Å². The fourth-order valence-electron chi connectivity index (χ4n) is 2.63. The molecule has 0 aromatic rings. The summed E-state index contributed by atoms with van der Waals surface area (Å²) in [6, 6.07) is 1.00. The summed E-state index contributed by atoms with van der Waals surface area (Å²) in [7, 11) is 0. The Kier molecular flexibility index (Phi) is 3.87. The Balaban J connectivity index is 0.000000422. The first-order valence-corrected chi connectivity index (χ1v) is 4.88. The molecule has 2 nitrogen and oxygen atoms in total. The Morgan fingerprint density at radius 1 is 0.923 bits per heavy atom. The third-order valence-corrected chi connectivity index (χ3v) is 3.48. The highest BCUT2D eigenvalue weighted by Gasteiger charge is 2.41. The molecular weight excluding hydrogens is 207 g/mol. The second-order valence-electron chi connectivity index (χ2n) is 4.36. The zero-order valence-electron chi connectivity index (χ0n) is 7.74. The van der Waals surface area contributed by atoms with E-state index in [1.54, 1.807) is 0 Å². The van der Waals surface area contributed by atoms with Gasteiger partial charge >= 0.3 is 0 Å². The minimum absolute atomic E-state index is 0. The minimum Gasteiger partial charge on any atom is -0.316 e. The molecule has 13 heavy (non-hydrogen) atoms. The number of hydrogen-bond donors (Lipinski definition) is 1. The molecule has 0 radical (unpaired) electrons. The molecule has 1 N–H and O–H groups in total. The molecule has 0 bridgehead atoms. The molecule has 1 aliphatic carbocycles. The van der Waals surface area contributed by atoms with Crippen LogP contribution in [-0.4, -0.2) is 37.1 Å². The zero-order valence-corrected chi connectivity index (χ0v) is 9.37. The molecule has 4 heteroatoms. The number of fused-ring (bicyclic) bond motifs is 1. The predicted molar refractivity (Wildman–Crippen MR) is 58.9 cm³/mol. The van der Waals surface area contributed by atoms with Crippen molar-refractivity contribution in [1.29, 1.82) is 0 Å². The van der Waals surface area contributed by atoms with Crippen molar-refractivity contribution < 1.29 is 0 Å². The molecule has 3 rings (SSSR count). The van der Waals surface area contributed by atoms with Crippen LogP contribution in [0.1, 0.15) is 12.8 Å². The molecule has 78 valence electrons. The summed E-state index contributed by atoms with van der Waals surface area (Å²) >= 11 is 0. The first-order chi connectivity index (χ1) is 5.43. The van der Waals surface area contributed by atoms with E-state index in [2.05, 4.69) is 10.2 Å². The maximum atomic E-state index is 3.48. The average Bonchev–Trinajstić information content (AvgIpc) is 2.60. The van der Waals surface area contributed by atoms with Gasteiger partial charge in [0.25, 0.3) is 0 Å². The summed E-state index contributed by atoms with van der Waals surface area (Å²) in [5, 5.41) is 3.48. The monoisotopic (exact) mass is 224 g/mol. The number of likely N-dealkylation sites (tertiary alicyclic amines) is 1. The highest BCUT2D eigenvalue weighted by Crippen LogP contribution is 2.35. The largest absolute Gasteiger partial charge is 0.316 e. The van der Waals surface area contributed by atoms with Crippen LogP contribution in [0.2, 0.25) is 0 Å². The SMILES string of the molecule is C1NCC2CN(C3CC3)CC12.Cl.Cl. The lowest BCUT2D eigenvalue weighted by atomic mass is 10.0. The number of hydrogen-bond acceptors (Lipinski definition) is 2. The molecule has 0 spiro atoms. The van der Waals surface area contributed by atoms with Crippen molar-refractivity contribution in [3.05, 3.63) is 0 Å². The standard InChI is InChI=1S/C9H16N2.2ClH/c1-2-9(1)11-5-7-3-10-4-8(7)6-11;;/h7-10H,1-6H2;2*1H. The van der Waals surface area contributed by atoms with Gasteiger partial charge in [-0.3, -0.25) is 4.90 Å². The van der Waals surface area contributed by atoms with Gasteiger partial charge in [-0.25, -0.2) is 0 Å². The van der Waals surface area contributed by atoms with Gasteiger partial charge < -0.3 is 5.32 Å². The Morgan fingerprint density at radius 2 is 1.46 bits per heavy atom. The first-order valence-electron chi connectivity index (χ1n) is 4.88. The van der Waals surface area contributed by atoms with E-state index in [1.165, 1.54) is 39.0 Å². The van der Waals surface area contributed by atoms with Crippen molar-refractivity contribution in [3.8, 4) is 0 Å². The van der Waals surface area contributed by atoms with Crippen molar-refractivity contribution in [2.75, 3.05) is 26.2 Å². The van der Waals surface area contributed by atoms with Crippen molar-refractivity contribution in [1.82, 2.24) is 10.2 Å².